The standard InChI is InChI=1S/C20H16ClF2N3OS/c21-14-7-3-9-16(23)17(14)20(27)26-10-4-5-12(11-26)18-24-25-19(28-18)13-6-1-2-8-15(13)22/h1-3,6-9,12H,4-5,10-11H2/t12-/m0/s1. The van der Waals surface area contributed by atoms with Crippen LogP contribution in [0.3, 0.4) is 0 Å². The van der Waals surface area contributed by atoms with Gasteiger partial charge in [-0.15, -0.1) is 10.2 Å². The van der Waals surface area contributed by atoms with Crippen molar-refractivity contribution in [1.29, 1.82) is 0 Å². The van der Waals surface area contributed by atoms with Crippen molar-refractivity contribution in [2.24, 2.45) is 0 Å². The second kappa shape index (κ2) is 7.93. The molecule has 1 aromatic heterocycles. The smallest absolute Gasteiger partial charge is 0.258 e. The molecule has 1 saturated heterocycles. The van der Waals surface area contributed by atoms with Crippen molar-refractivity contribution in [3.8, 4) is 10.6 Å². The molecule has 0 saturated carbocycles. The molecule has 28 heavy (non-hydrogen) atoms. The lowest BCUT2D eigenvalue weighted by molar-refractivity contribution is 0.0702. The molecule has 1 atom stereocenters. The molecule has 2 aromatic carbocycles. The van der Waals surface area contributed by atoms with Crippen LogP contribution < -0.4 is 0 Å². The predicted octanol–water partition coefficient (Wildman–Crippen LogP) is 5.16. The minimum atomic E-state index is -0.627. The van der Waals surface area contributed by atoms with Crippen LogP contribution in [0.5, 0.6) is 0 Å². The van der Waals surface area contributed by atoms with Crippen LogP contribution in [0, 0.1) is 11.6 Å². The molecular weight excluding hydrogens is 404 g/mol. The minimum Gasteiger partial charge on any atom is -0.338 e. The van der Waals surface area contributed by atoms with Gasteiger partial charge in [0.2, 0.25) is 0 Å². The Kier molecular flexibility index (Phi) is 5.37. The second-order valence-corrected chi connectivity index (χ2v) is 8.03. The first-order valence-electron chi connectivity index (χ1n) is 8.86. The zero-order valence-corrected chi connectivity index (χ0v) is 16.3. The third-order valence-electron chi connectivity index (χ3n) is 4.78. The number of piperidine rings is 1. The van der Waals surface area contributed by atoms with Crippen LogP contribution in [0.4, 0.5) is 8.78 Å². The zero-order chi connectivity index (χ0) is 19.7. The van der Waals surface area contributed by atoms with Gasteiger partial charge in [0.15, 0.2) is 5.01 Å². The van der Waals surface area contributed by atoms with Crippen LogP contribution in [-0.2, 0) is 0 Å². The first-order valence-corrected chi connectivity index (χ1v) is 10.1. The summed E-state index contributed by atoms with van der Waals surface area (Å²) in [6, 6.07) is 10.6. The number of carbonyl (C=O) groups excluding carboxylic acids is 1. The van der Waals surface area contributed by atoms with Crippen molar-refractivity contribution in [2.45, 2.75) is 18.8 Å². The highest BCUT2D eigenvalue weighted by atomic mass is 35.5. The second-order valence-electron chi connectivity index (χ2n) is 6.61. The Labute approximate surface area is 169 Å². The number of nitrogens with zero attached hydrogens (tertiary/aromatic N) is 3. The summed E-state index contributed by atoms with van der Waals surface area (Å²) in [5.74, 6) is -1.43. The highest BCUT2D eigenvalue weighted by Crippen LogP contribution is 2.34. The lowest BCUT2D eigenvalue weighted by Crippen LogP contribution is -2.39. The molecule has 0 unspecified atom stereocenters. The van der Waals surface area contributed by atoms with Crippen molar-refractivity contribution >= 4 is 28.8 Å². The number of hydrogen-bond donors (Lipinski definition) is 0. The number of aromatic nitrogens is 2. The highest BCUT2D eigenvalue weighted by Gasteiger charge is 2.30. The van der Waals surface area contributed by atoms with Gasteiger partial charge in [-0.05, 0) is 37.1 Å². The predicted molar refractivity (Wildman–Crippen MR) is 105 cm³/mol. The number of hydrogen-bond acceptors (Lipinski definition) is 4. The number of carbonyl (C=O) groups is 1. The van der Waals surface area contributed by atoms with E-state index in [9.17, 15) is 13.6 Å². The maximum atomic E-state index is 14.1. The fraction of sp³-hybridized carbons (Fsp3) is 0.250. The summed E-state index contributed by atoms with van der Waals surface area (Å²) < 4.78 is 28.1. The van der Waals surface area contributed by atoms with Gasteiger partial charge in [0.1, 0.15) is 16.6 Å². The van der Waals surface area contributed by atoms with E-state index in [2.05, 4.69) is 10.2 Å². The Morgan fingerprint density at radius 3 is 2.68 bits per heavy atom. The first kappa shape index (κ1) is 19.0. The number of halogens is 3. The van der Waals surface area contributed by atoms with Gasteiger partial charge in [-0.25, -0.2) is 8.78 Å². The van der Waals surface area contributed by atoms with E-state index in [0.29, 0.717) is 23.7 Å². The minimum absolute atomic E-state index is 0.0266. The normalized spacial score (nSPS) is 17.0. The summed E-state index contributed by atoms with van der Waals surface area (Å²) in [6.07, 6.45) is 1.60. The van der Waals surface area contributed by atoms with Gasteiger partial charge in [0.25, 0.3) is 5.91 Å². The third kappa shape index (κ3) is 3.64. The fourth-order valence-corrected chi connectivity index (χ4v) is 4.61. The highest BCUT2D eigenvalue weighted by molar-refractivity contribution is 7.14. The molecule has 3 aromatic rings. The molecule has 1 amide bonds. The summed E-state index contributed by atoms with van der Waals surface area (Å²) in [5.41, 5.74) is 0.308. The maximum Gasteiger partial charge on any atom is 0.258 e. The molecule has 144 valence electrons. The van der Waals surface area contributed by atoms with Gasteiger partial charge >= 0.3 is 0 Å². The van der Waals surface area contributed by atoms with Gasteiger partial charge in [0.05, 0.1) is 10.6 Å². The maximum absolute atomic E-state index is 14.1. The van der Waals surface area contributed by atoms with Crippen LogP contribution in [-0.4, -0.2) is 34.1 Å². The van der Waals surface area contributed by atoms with Gasteiger partial charge in [0, 0.05) is 24.6 Å². The quantitative estimate of drug-likeness (QED) is 0.589. The Bertz CT molecular complexity index is 1010. The van der Waals surface area contributed by atoms with Gasteiger partial charge in [-0.2, -0.15) is 0 Å². The molecule has 1 fully saturated rings. The molecule has 0 N–H and O–H groups in total. The number of benzene rings is 2. The summed E-state index contributed by atoms with van der Waals surface area (Å²) in [5, 5.41) is 9.70. The van der Waals surface area contributed by atoms with Crippen LogP contribution in [0.1, 0.15) is 34.1 Å². The van der Waals surface area contributed by atoms with E-state index in [1.165, 1.54) is 35.6 Å². The lowest BCUT2D eigenvalue weighted by atomic mass is 9.98. The Hall–Kier alpha value is -2.38. The third-order valence-corrected chi connectivity index (χ3v) is 6.21. The monoisotopic (exact) mass is 419 g/mol. The van der Waals surface area contributed by atoms with Crippen LogP contribution >= 0.6 is 22.9 Å². The Balaban J connectivity index is 1.55. The number of likely N-dealkylation sites (tertiary alicyclic amines) is 1. The van der Waals surface area contributed by atoms with E-state index >= 15 is 0 Å². The molecule has 0 bridgehead atoms. The molecule has 4 rings (SSSR count). The van der Waals surface area contributed by atoms with E-state index in [4.69, 9.17) is 11.6 Å². The van der Waals surface area contributed by atoms with E-state index in [1.807, 2.05) is 0 Å². The SMILES string of the molecule is O=C(c1c(F)cccc1Cl)N1CCC[C@H](c2nnc(-c3ccccc3F)s2)C1. The number of rotatable bonds is 3. The van der Waals surface area contributed by atoms with Gasteiger partial charge in [-0.3, -0.25) is 4.79 Å². The largest absolute Gasteiger partial charge is 0.338 e. The first-order chi connectivity index (χ1) is 13.5. The van der Waals surface area contributed by atoms with Crippen molar-refractivity contribution in [2.75, 3.05) is 13.1 Å². The summed E-state index contributed by atoms with van der Waals surface area (Å²) in [6.45, 7) is 0.925. The van der Waals surface area contributed by atoms with Crippen molar-refractivity contribution in [1.82, 2.24) is 15.1 Å². The van der Waals surface area contributed by atoms with E-state index < -0.39 is 11.7 Å². The molecular formula is C20H16ClF2N3OS. The summed E-state index contributed by atoms with van der Waals surface area (Å²) in [7, 11) is 0. The molecule has 0 radical (unpaired) electrons. The average Bonchev–Trinajstić information content (AvgIpc) is 3.18. The summed E-state index contributed by atoms with van der Waals surface area (Å²) in [4.78, 5) is 14.4. The molecule has 0 spiro atoms. The van der Waals surface area contributed by atoms with Crippen molar-refractivity contribution in [3.05, 3.63) is 69.7 Å². The van der Waals surface area contributed by atoms with Crippen LogP contribution in [0.2, 0.25) is 5.02 Å². The van der Waals surface area contributed by atoms with Gasteiger partial charge < -0.3 is 4.90 Å². The molecule has 8 heteroatoms. The van der Waals surface area contributed by atoms with E-state index in [1.54, 1.807) is 23.1 Å². The molecule has 1 aliphatic heterocycles. The summed E-state index contributed by atoms with van der Waals surface area (Å²) >= 11 is 7.36. The lowest BCUT2D eigenvalue weighted by Gasteiger charge is -2.32. The zero-order valence-electron chi connectivity index (χ0n) is 14.7. The fourth-order valence-electron chi connectivity index (χ4n) is 3.37. The van der Waals surface area contributed by atoms with E-state index in [-0.39, 0.29) is 22.3 Å². The molecule has 0 aliphatic carbocycles. The van der Waals surface area contributed by atoms with Crippen LogP contribution in [0.25, 0.3) is 10.6 Å². The average molecular weight is 420 g/mol. The number of amides is 1. The van der Waals surface area contributed by atoms with Crippen molar-refractivity contribution < 1.29 is 13.6 Å². The Morgan fingerprint density at radius 2 is 1.89 bits per heavy atom. The Morgan fingerprint density at radius 1 is 1.11 bits per heavy atom. The van der Waals surface area contributed by atoms with E-state index in [0.717, 1.165) is 17.8 Å². The molecule has 4 nitrogen and oxygen atoms in total. The molecule has 2 heterocycles. The molecule has 1 aliphatic rings. The van der Waals surface area contributed by atoms with Crippen LogP contribution in [0.15, 0.2) is 42.5 Å². The van der Waals surface area contributed by atoms with Gasteiger partial charge in [-0.1, -0.05) is 41.1 Å². The van der Waals surface area contributed by atoms with Crippen molar-refractivity contribution in [3.63, 3.8) is 0 Å². The topological polar surface area (TPSA) is 46.1 Å².